The van der Waals surface area contributed by atoms with Crippen LogP contribution in [0.15, 0.2) is 24.4 Å². The summed E-state index contributed by atoms with van der Waals surface area (Å²) in [6.45, 7) is 2.44. The Morgan fingerprint density at radius 2 is 2.14 bits per heavy atom. The number of nitrogens with zero attached hydrogens (tertiary/aromatic N) is 3. The number of hydrogen-bond acceptors (Lipinski definition) is 6. The van der Waals surface area contributed by atoms with Crippen LogP contribution in [-0.2, 0) is 11.3 Å². The highest BCUT2D eigenvalue weighted by Gasteiger charge is 2.20. The third-order valence-corrected chi connectivity index (χ3v) is 2.95. The first kappa shape index (κ1) is 15.5. The molecule has 0 aliphatic carbocycles. The number of hydrogen-bond donors (Lipinski definition) is 2. The van der Waals surface area contributed by atoms with Crippen LogP contribution in [-0.4, -0.2) is 40.8 Å². The Labute approximate surface area is 127 Å². The van der Waals surface area contributed by atoms with E-state index in [9.17, 15) is 9.59 Å². The molecule has 22 heavy (non-hydrogen) atoms. The van der Waals surface area contributed by atoms with Gasteiger partial charge in [0.05, 0.1) is 12.8 Å². The first-order chi connectivity index (χ1) is 10.6. The maximum atomic E-state index is 12.3. The van der Waals surface area contributed by atoms with E-state index < -0.39 is 11.9 Å². The second-order valence-corrected chi connectivity index (χ2v) is 4.35. The first-order valence-corrected chi connectivity index (χ1v) is 6.71. The fraction of sp³-hybridized carbons (Fsp3) is 0.286. The molecule has 116 valence electrons. The molecular weight excluding hydrogens is 286 g/mol. The van der Waals surface area contributed by atoms with Crippen molar-refractivity contribution in [2.24, 2.45) is 0 Å². The number of carbonyl (C=O) groups excluding carboxylic acids is 2. The van der Waals surface area contributed by atoms with E-state index >= 15 is 0 Å². The molecule has 0 aliphatic rings. The highest BCUT2D eigenvalue weighted by Crippen LogP contribution is 2.16. The highest BCUT2D eigenvalue weighted by atomic mass is 16.5. The van der Waals surface area contributed by atoms with Crippen molar-refractivity contribution in [3.63, 3.8) is 0 Å². The summed E-state index contributed by atoms with van der Waals surface area (Å²) in [4.78, 5) is 28.1. The molecule has 2 aromatic heterocycles. The summed E-state index contributed by atoms with van der Waals surface area (Å²) >= 11 is 0. The van der Waals surface area contributed by atoms with E-state index in [0.717, 1.165) is 0 Å². The molecule has 2 heterocycles. The smallest absolute Gasteiger partial charge is 0.360 e. The van der Waals surface area contributed by atoms with Crippen LogP contribution in [0.3, 0.4) is 0 Å². The number of amides is 1. The third kappa shape index (κ3) is 3.22. The van der Waals surface area contributed by atoms with Gasteiger partial charge in [-0.3, -0.25) is 9.48 Å². The van der Waals surface area contributed by atoms with Crippen molar-refractivity contribution in [2.45, 2.75) is 13.5 Å². The van der Waals surface area contributed by atoms with E-state index in [2.05, 4.69) is 25.5 Å². The van der Waals surface area contributed by atoms with E-state index in [-0.39, 0.29) is 17.1 Å². The minimum Gasteiger partial charge on any atom is -0.464 e. The molecule has 2 rings (SSSR count). The van der Waals surface area contributed by atoms with Gasteiger partial charge in [-0.2, -0.15) is 5.10 Å². The van der Waals surface area contributed by atoms with E-state index in [1.807, 2.05) is 6.92 Å². The van der Waals surface area contributed by atoms with Crippen molar-refractivity contribution in [1.82, 2.24) is 14.8 Å². The lowest BCUT2D eigenvalue weighted by atomic mass is 10.3. The molecule has 0 aromatic carbocycles. The number of anilines is 2. The monoisotopic (exact) mass is 303 g/mol. The van der Waals surface area contributed by atoms with Crippen LogP contribution in [0.25, 0.3) is 0 Å². The lowest BCUT2D eigenvalue weighted by molar-refractivity contribution is 0.0594. The molecule has 1 amide bonds. The molecule has 0 unspecified atom stereocenters. The van der Waals surface area contributed by atoms with Crippen molar-refractivity contribution in [3.05, 3.63) is 35.8 Å². The average molecular weight is 303 g/mol. The van der Waals surface area contributed by atoms with Gasteiger partial charge in [0, 0.05) is 19.8 Å². The summed E-state index contributed by atoms with van der Waals surface area (Å²) in [5.74, 6) is -0.470. The lowest BCUT2D eigenvalue weighted by Crippen LogP contribution is -2.16. The topological polar surface area (TPSA) is 98.1 Å². The molecular formula is C14H17N5O3. The normalized spacial score (nSPS) is 10.1. The SMILES string of the molecule is CCn1cc(NC(=O)c2cccc(NC)n2)c(C(=O)OC)n1. The van der Waals surface area contributed by atoms with Gasteiger partial charge in [0.2, 0.25) is 0 Å². The summed E-state index contributed by atoms with van der Waals surface area (Å²) < 4.78 is 6.21. The Morgan fingerprint density at radius 1 is 1.36 bits per heavy atom. The number of rotatable bonds is 5. The Bertz CT molecular complexity index is 696. The van der Waals surface area contributed by atoms with Gasteiger partial charge in [-0.15, -0.1) is 0 Å². The van der Waals surface area contributed by atoms with Gasteiger partial charge < -0.3 is 15.4 Å². The fourth-order valence-corrected chi connectivity index (χ4v) is 1.81. The Hall–Kier alpha value is -2.90. The lowest BCUT2D eigenvalue weighted by Gasteiger charge is -2.05. The molecule has 0 spiro atoms. The van der Waals surface area contributed by atoms with Crippen LogP contribution in [0.4, 0.5) is 11.5 Å². The maximum Gasteiger partial charge on any atom is 0.360 e. The van der Waals surface area contributed by atoms with Crippen molar-refractivity contribution in [1.29, 1.82) is 0 Å². The Kier molecular flexibility index (Phi) is 4.72. The van der Waals surface area contributed by atoms with Crippen LogP contribution in [0, 0.1) is 0 Å². The van der Waals surface area contributed by atoms with E-state index in [1.54, 1.807) is 36.1 Å². The van der Waals surface area contributed by atoms with Gasteiger partial charge in [0.15, 0.2) is 5.69 Å². The predicted octanol–water partition coefficient (Wildman–Crippen LogP) is 1.38. The Morgan fingerprint density at radius 3 is 2.77 bits per heavy atom. The molecule has 8 nitrogen and oxygen atoms in total. The van der Waals surface area contributed by atoms with E-state index in [0.29, 0.717) is 12.4 Å². The Balaban J connectivity index is 2.27. The van der Waals surface area contributed by atoms with Crippen LogP contribution < -0.4 is 10.6 Å². The van der Waals surface area contributed by atoms with E-state index in [1.165, 1.54) is 7.11 Å². The summed E-state index contributed by atoms with van der Waals surface area (Å²) in [5, 5.41) is 9.57. The highest BCUT2D eigenvalue weighted by molar-refractivity contribution is 6.06. The molecule has 0 aliphatic heterocycles. The van der Waals surface area contributed by atoms with Gasteiger partial charge >= 0.3 is 5.97 Å². The summed E-state index contributed by atoms with van der Waals surface area (Å²) in [6, 6.07) is 5.04. The molecule has 0 fully saturated rings. The minimum absolute atomic E-state index is 0.0578. The van der Waals surface area contributed by atoms with Crippen LogP contribution in [0.2, 0.25) is 0 Å². The molecule has 2 N–H and O–H groups in total. The first-order valence-electron chi connectivity index (χ1n) is 6.71. The number of pyridine rings is 1. The molecule has 2 aromatic rings. The zero-order valence-electron chi connectivity index (χ0n) is 12.6. The predicted molar refractivity (Wildman–Crippen MR) is 81.0 cm³/mol. The summed E-state index contributed by atoms with van der Waals surface area (Å²) in [6.07, 6.45) is 1.58. The van der Waals surface area contributed by atoms with Crippen molar-refractivity contribution in [3.8, 4) is 0 Å². The standard InChI is InChI=1S/C14H17N5O3/c1-4-19-8-10(12(18-19)14(21)22-3)17-13(20)9-6-5-7-11(15-2)16-9/h5-8H,4H2,1-3H3,(H,15,16)(H,17,20). The third-order valence-electron chi connectivity index (χ3n) is 2.95. The van der Waals surface area contributed by atoms with Gasteiger partial charge in [-0.1, -0.05) is 6.07 Å². The number of ether oxygens (including phenoxy) is 1. The van der Waals surface area contributed by atoms with Crippen LogP contribution in [0.1, 0.15) is 27.9 Å². The second-order valence-electron chi connectivity index (χ2n) is 4.35. The molecule has 8 heteroatoms. The van der Waals surface area contributed by atoms with Crippen LogP contribution in [0.5, 0.6) is 0 Å². The number of carbonyl (C=O) groups is 2. The zero-order valence-corrected chi connectivity index (χ0v) is 12.6. The quantitative estimate of drug-likeness (QED) is 0.810. The van der Waals surface area contributed by atoms with Crippen molar-refractivity contribution in [2.75, 3.05) is 24.8 Å². The zero-order chi connectivity index (χ0) is 16.1. The number of nitrogens with one attached hydrogen (secondary N) is 2. The minimum atomic E-state index is -0.612. The van der Waals surface area contributed by atoms with Crippen LogP contribution >= 0.6 is 0 Å². The number of esters is 1. The average Bonchev–Trinajstić information content (AvgIpc) is 2.97. The molecule has 0 saturated heterocycles. The molecule has 0 atom stereocenters. The largest absolute Gasteiger partial charge is 0.464 e. The van der Waals surface area contributed by atoms with Gasteiger partial charge in [0.1, 0.15) is 11.5 Å². The fourth-order valence-electron chi connectivity index (χ4n) is 1.81. The molecule has 0 radical (unpaired) electrons. The molecule has 0 saturated carbocycles. The van der Waals surface area contributed by atoms with E-state index in [4.69, 9.17) is 0 Å². The van der Waals surface area contributed by atoms with Gasteiger partial charge in [-0.05, 0) is 19.1 Å². The van der Waals surface area contributed by atoms with Crippen molar-refractivity contribution < 1.29 is 14.3 Å². The summed E-state index contributed by atoms with van der Waals surface area (Å²) in [5.41, 5.74) is 0.574. The number of methoxy groups -OCH3 is 1. The molecule has 0 bridgehead atoms. The second kappa shape index (κ2) is 6.70. The number of aromatic nitrogens is 3. The summed E-state index contributed by atoms with van der Waals surface area (Å²) in [7, 11) is 2.97. The van der Waals surface area contributed by atoms with Gasteiger partial charge in [0.25, 0.3) is 5.91 Å². The maximum absolute atomic E-state index is 12.3. The number of aryl methyl sites for hydroxylation is 1. The van der Waals surface area contributed by atoms with Gasteiger partial charge in [-0.25, -0.2) is 9.78 Å². The van der Waals surface area contributed by atoms with Crippen molar-refractivity contribution >= 4 is 23.4 Å².